The van der Waals surface area contributed by atoms with Crippen LogP contribution in [0, 0.1) is 11.8 Å². The second-order valence-corrected chi connectivity index (χ2v) is 2.25. The van der Waals surface area contributed by atoms with E-state index in [1.165, 1.54) is 18.5 Å². The Morgan fingerprint density at radius 1 is 1.69 bits per heavy atom. The summed E-state index contributed by atoms with van der Waals surface area (Å²) in [7, 11) is 0. The van der Waals surface area contributed by atoms with Crippen LogP contribution in [0.1, 0.15) is 15.9 Å². The molecule has 1 heterocycles. The van der Waals surface area contributed by atoms with Gasteiger partial charge in [0.25, 0.3) is 0 Å². The van der Waals surface area contributed by atoms with Gasteiger partial charge in [0.1, 0.15) is 6.61 Å². The van der Waals surface area contributed by atoms with Crippen molar-refractivity contribution >= 4 is 5.91 Å². The van der Waals surface area contributed by atoms with Gasteiger partial charge in [-0.25, -0.2) is 0 Å². The Hall–Kier alpha value is -1.86. The monoisotopic (exact) mass is 176 g/mol. The molecule has 1 rings (SSSR count). The summed E-state index contributed by atoms with van der Waals surface area (Å²) in [5.41, 5.74) is 5.84. The maximum absolute atomic E-state index is 10.8. The van der Waals surface area contributed by atoms with Gasteiger partial charge >= 0.3 is 0 Å². The summed E-state index contributed by atoms with van der Waals surface area (Å²) in [5, 5.41) is 8.45. The molecule has 3 N–H and O–H groups in total. The number of carbonyl (C=O) groups excluding carboxylic acids is 1. The Bertz CT molecular complexity index is 377. The van der Waals surface area contributed by atoms with Crippen molar-refractivity contribution < 1.29 is 9.90 Å². The van der Waals surface area contributed by atoms with Gasteiger partial charge in [-0.15, -0.1) is 0 Å². The molecule has 0 saturated heterocycles. The van der Waals surface area contributed by atoms with Crippen LogP contribution < -0.4 is 5.73 Å². The van der Waals surface area contributed by atoms with Crippen LogP contribution in [0.25, 0.3) is 0 Å². The second-order valence-electron chi connectivity index (χ2n) is 2.25. The molecule has 0 saturated carbocycles. The minimum absolute atomic E-state index is 0.257. The molecule has 66 valence electrons. The summed E-state index contributed by atoms with van der Waals surface area (Å²) in [6.45, 7) is -0.257. The van der Waals surface area contributed by atoms with Crippen LogP contribution in [-0.4, -0.2) is 22.6 Å². The lowest BCUT2D eigenvalue weighted by Gasteiger charge is -1.96. The van der Waals surface area contributed by atoms with Gasteiger partial charge in [-0.1, -0.05) is 11.8 Å². The largest absolute Gasteiger partial charge is 0.384 e. The van der Waals surface area contributed by atoms with Gasteiger partial charge in [-0.05, 0) is 6.07 Å². The number of aromatic nitrogens is 1. The van der Waals surface area contributed by atoms with E-state index in [0.717, 1.165) is 0 Å². The van der Waals surface area contributed by atoms with E-state index < -0.39 is 5.91 Å². The molecule has 13 heavy (non-hydrogen) atoms. The number of rotatable bonds is 1. The molecule has 1 aromatic rings. The van der Waals surface area contributed by atoms with Crippen LogP contribution in [-0.2, 0) is 0 Å². The molecule has 0 atom stereocenters. The van der Waals surface area contributed by atoms with E-state index in [1.54, 1.807) is 0 Å². The van der Waals surface area contributed by atoms with Gasteiger partial charge in [0.15, 0.2) is 0 Å². The molecular weight excluding hydrogens is 168 g/mol. The minimum atomic E-state index is -0.551. The Labute approximate surface area is 75.4 Å². The zero-order chi connectivity index (χ0) is 9.68. The second kappa shape index (κ2) is 4.24. The number of nitrogens with zero attached hydrogens (tertiary/aromatic N) is 1. The number of hydrogen-bond donors (Lipinski definition) is 2. The van der Waals surface area contributed by atoms with Crippen molar-refractivity contribution in [1.29, 1.82) is 0 Å². The first-order valence-corrected chi connectivity index (χ1v) is 3.59. The predicted molar refractivity (Wildman–Crippen MR) is 46.7 cm³/mol. The number of aliphatic hydroxyl groups excluding tert-OH is 1. The third-order valence-corrected chi connectivity index (χ3v) is 1.39. The highest BCUT2D eigenvalue weighted by molar-refractivity contribution is 5.95. The number of nitrogens with two attached hydrogens (primary N) is 1. The highest BCUT2D eigenvalue weighted by Crippen LogP contribution is 2.03. The fourth-order valence-electron chi connectivity index (χ4n) is 0.844. The summed E-state index contributed by atoms with van der Waals surface area (Å²) in [6.07, 6.45) is 2.90. The van der Waals surface area contributed by atoms with Gasteiger partial charge in [-0.2, -0.15) is 0 Å². The third kappa shape index (κ3) is 2.29. The quantitative estimate of drug-likeness (QED) is 0.567. The SMILES string of the molecule is NC(=O)c1ccncc1C#CCO. The number of amides is 1. The van der Waals surface area contributed by atoms with Gasteiger partial charge in [0.05, 0.1) is 11.1 Å². The number of carbonyl (C=O) groups is 1. The number of primary amides is 1. The molecule has 0 radical (unpaired) electrons. The van der Waals surface area contributed by atoms with Gasteiger partial charge in [-0.3, -0.25) is 9.78 Å². The summed E-state index contributed by atoms with van der Waals surface area (Å²) in [4.78, 5) is 14.6. The topological polar surface area (TPSA) is 76.2 Å². The zero-order valence-electron chi connectivity index (χ0n) is 6.82. The first-order chi connectivity index (χ1) is 6.25. The van der Waals surface area contributed by atoms with E-state index in [4.69, 9.17) is 10.8 Å². The van der Waals surface area contributed by atoms with E-state index >= 15 is 0 Å². The minimum Gasteiger partial charge on any atom is -0.384 e. The lowest BCUT2D eigenvalue weighted by molar-refractivity contribution is 0.1000. The molecule has 4 nitrogen and oxygen atoms in total. The molecule has 0 bridgehead atoms. The van der Waals surface area contributed by atoms with Gasteiger partial charge in [0, 0.05) is 12.4 Å². The van der Waals surface area contributed by atoms with Crippen molar-refractivity contribution in [3.8, 4) is 11.8 Å². The normalized spacial score (nSPS) is 8.69. The fourth-order valence-corrected chi connectivity index (χ4v) is 0.844. The van der Waals surface area contributed by atoms with Crippen LogP contribution in [0.2, 0.25) is 0 Å². The summed E-state index contributed by atoms with van der Waals surface area (Å²) < 4.78 is 0. The lowest BCUT2D eigenvalue weighted by atomic mass is 10.1. The van der Waals surface area contributed by atoms with Gasteiger partial charge in [0.2, 0.25) is 5.91 Å². The molecule has 0 aliphatic carbocycles. The molecule has 0 spiro atoms. The highest BCUT2D eigenvalue weighted by Gasteiger charge is 2.04. The predicted octanol–water partition coefficient (Wildman–Crippen LogP) is -0.476. The first-order valence-electron chi connectivity index (χ1n) is 3.59. The zero-order valence-corrected chi connectivity index (χ0v) is 6.82. The molecule has 0 aliphatic heterocycles. The average Bonchev–Trinajstić information content (AvgIpc) is 2.15. The maximum atomic E-state index is 10.8. The Morgan fingerprint density at radius 2 is 2.46 bits per heavy atom. The molecule has 1 amide bonds. The van der Waals surface area contributed by atoms with E-state index in [1.807, 2.05) is 0 Å². The molecular formula is C9H8N2O2. The van der Waals surface area contributed by atoms with Crippen molar-refractivity contribution in [2.45, 2.75) is 0 Å². The molecule has 1 aromatic heterocycles. The average molecular weight is 176 g/mol. The van der Waals surface area contributed by atoms with E-state index in [9.17, 15) is 4.79 Å². The maximum Gasteiger partial charge on any atom is 0.250 e. The summed E-state index contributed by atoms with van der Waals surface area (Å²) in [5.74, 6) is 4.45. The Kier molecular flexibility index (Phi) is 3.01. The van der Waals surface area contributed by atoms with Gasteiger partial charge < -0.3 is 10.8 Å². The van der Waals surface area contributed by atoms with E-state index in [-0.39, 0.29) is 6.61 Å². The molecule has 0 aromatic carbocycles. The van der Waals surface area contributed by atoms with Crippen LogP contribution in [0.4, 0.5) is 0 Å². The summed E-state index contributed by atoms with van der Waals surface area (Å²) >= 11 is 0. The lowest BCUT2D eigenvalue weighted by Crippen LogP contribution is -2.12. The van der Waals surface area contributed by atoms with E-state index in [2.05, 4.69) is 16.8 Å². The van der Waals surface area contributed by atoms with Crippen molar-refractivity contribution in [1.82, 2.24) is 4.98 Å². The molecule has 0 unspecified atom stereocenters. The van der Waals surface area contributed by atoms with Crippen molar-refractivity contribution in [3.63, 3.8) is 0 Å². The standard InChI is InChI=1S/C9H8N2O2/c10-9(13)8-3-4-11-6-7(8)2-1-5-12/h3-4,6,12H,5H2,(H2,10,13). The molecule has 0 aliphatic rings. The Balaban J connectivity index is 3.12. The smallest absolute Gasteiger partial charge is 0.250 e. The Morgan fingerprint density at radius 3 is 3.08 bits per heavy atom. The van der Waals surface area contributed by atoms with Crippen molar-refractivity contribution in [3.05, 3.63) is 29.6 Å². The van der Waals surface area contributed by atoms with Crippen LogP contribution in [0.15, 0.2) is 18.5 Å². The van der Waals surface area contributed by atoms with Crippen LogP contribution in [0.5, 0.6) is 0 Å². The fraction of sp³-hybridized carbons (Fsp3) is 0.111. The first kappa shape index (κ1) is 9.23. The third-order valence-electron chi connectivity index (χ3n) is 1.39. The van der Waals surface area contributed by atoms with Crippen molar-refractivity contribution in [2.24, 2.45) is 5.73 Å². The number of pyridine rings is 1. The number of aliphatic hydroxyl groups is 1. The van der Waals surface area contributed by atoms with E-state index in [0.29, 0.717) is 11.1 Å². The number of hydrogen-bond acceptors (Lipinski definition) is 3. The molecule has 4 heteroatoms. The van der Waals surface area contributed by atoms with Crippen molar-refractivity contribution in [2.75, 3.05) is 6.61 Å². The van der Waals surface area contributed by atoms with Crippen LogP contribution >= 0.6 is 0 Å². The molecule has 0 fully saturated rings. The highest BCUT2D eigenvalue weighted by atomic mass is 16.2. The summed E-state index contributed by atoms with van der Waals surface area (Å²) in [6, 6.07) is 1.49. The van der Waals surface area contributed by atoms with Crippen LogP contribution in [0.3, 0.4) is 0 Å².